The number of hydrogen-bond donors (Lipinski definition) is 1. The molecule has 1 aromatic heterocycles. The van der Waals surface area contributed by atoms with Gasteiger partial charge >= 0.3 is 0 Å². The number of aromatic nitrogens is 2. The summed E-state index contributed by atoms with van der Waals surface area (Å²) in [5, 5.41) is 3.11. The molecule has 0 aliphatic heterocycles. The lowest BCUT2D eigenvalue weighted by Gasteiger charge is -2.20. The summed E-state index contributed by atoms with van der Waals surface area (Å²) >= 11 is 0. The van der Waals surface area contributed by atoms with Crippen LogP contribution in [0.2, 0.25) is 0 Å². The van der Waals surface area contributed by atoms with E-state index in [1.807, 2.05) is 18.2 Å². The number of nitrogens with zero attached hydrogens (tertiary/aromatic N) is 2. The largest absolute Gasteiger partial charge is 0.346 e. The van der Waals surface area contributed by atoms with Gasteiger partial charge in [0.25, 0.3) is 0 Å². The predicted octanol–water partition coefficient (Wildman–Crippen LogP) is 4.76. The fraction of sp³-hybridized carbons (Fsp3) is 0.364. The minimum absolute atomic E-state index is 0.0133. The van der Waals surface area contributed by atoms with Gasteiger partial charge in [-0.3, -0.25) is 4.79 Å². The molecular weight excluding hydrogens is 322 g/mol. The van der Waals surface area contributed by atoms with Crippen molar-refractivity contribution in [2.24, 2.45) is 0 Å². The fourth-order valence-electron chi connectivity index (χ4n) is 3.40. The first-order chi connectivity index (χ1) is 12.6. The van der Waals surface area contributed by atoms with Crippen LogP contribution in [0.4, 0.5) is 0 Å². The third-order valence-electron chi connectivity index (χ3n) is 4.81. The molecule has 1 amide bonds. The van der Waals surface area contributed by atoms with Crippen molar-refractivity contribution in [3.63, 3.8) is 0 Å². The summed E-state index contributed by atoms with van der Waals surface area (Å²) in [7, 11) is 0. The molecule has 0 aliphatic rings. The average molecular weight is 349 g/mol. The predicted molar refractivity (Wildman–Crippen MR) is 106 cm³/mol. The number of para-hydroxylation sites is 2. The summed E-state index contributed by atoms with van der Waals surface area (Å²) in [6.45, 7) is 6.63. The Hall–Kier alpha value is -2.62. The molecule has 0 spiro atoms. The number of nitrogens with one attached hydrogen (secondary N) is 1. The zero-order valence-electron chi connectivity index (χ0n) is 15.8. The summed E-state index contributed by atoms with van der Waals surface area (Å²) in [5.41, 5.74) is 4.62. The van der Waals surface area contributed by atoms with Crippen LogP contribution in [0.1, 0.15) is 56.1 Å². The van der Waals surface area contributed by atoms with Crippen LogP contribution in [-0.2, 0) is 11.3 Å². The van der Waals surface area contributed by atoms with E-state index in [1.165, 1.54) is 11.1 Å². The lowest BCUT2D eigenvalue weighted by atomic mass is 10.1. The monoisotopic (exact) mass is 349 g/mol. The van der Waals surface area contributed by atoms with Gasteiger partial charge in [-0.15, -0.1) is 0 Å². The van der Waals surface area contributed by atoms with E-state index >= 15 is 0 Å². The van der Waals surface area contributed by atoms with Crippen molar-refractivity contribution < 1.29 is 4.79 Å². The van der Waals surface area contributed by atoms with Gasteiger partial charge in [-0.2, -0.15) is 0 Å². The Kier molecular flexibility index (Phi) is 5.71. The third-order valence-corrected chi connectivity index (χ3v) is 4.81. The quantitative estimate of drug-likeness (QED) is 0.668. The minimum atomic E-state index is -0.0659. The van der Waals surface area contributed by atoms with E-state index in [9.17, 15) is 4.79 Å². The smallest absolute Gasteiger partial charge is 0.217 e. The van der Waals surface area contributed by atoms with Gasteiger partial charge in [-0.25, -0.2) is 4.98 Å². The van der Waals surface area contributed by atoms with Crippen LogP contribution < -0.4 is 5.32 Å². The van der Waals surface area contributed by atoms with Crippen LogP contribution >= 0.6 is 0 Å². The summed E-state index contributed by atoms with van der Waals surface area (Å²) in [4.78, 5) is 16.7. The Bertz CT molecular complexity index is 897. The van der Waals surface area contributed by atoms with Crippen molar-refractivity contribution >= 4 is 16.9 Å². The zero-order chi connectivity index (χ0) is 18.5. The number of fused-ring (bicyclic) bond motifs is 1. The maximum atomic E-state index is 11.8. The van der Waals surface area contributed by atoms with E-state index in [-0.39, 0.29) is 11.9 Å². The van der Waals surface area contributed by atoms with Crippen LogP contribution in [0.25, 0.3) is 11.0 Å². The van der Waals surface area contributed by atoms with Gasteiger partial charge in [-0.1, -0.05) is 56.2 Å². The van der Waals surface area contributed by atoms with Crippen molar-refractivity contribution in [3.05, 3.63) is 65.5 Å². The van der Waals surface area contributed by atoms with E-state index in [0.29, 0.717) is 0 Å². The van der Waals surface area contributed by atoms with Crippen molar-refractivity contribution in [2.45, 2.75) is 52.6 Å². The summed E-state index contributed by atoms with van der Waals surface area (Å²) in [6, 6.07) is 16.6. The van der Waals surface area contributed by atoms with Crippen molar-refractivity contribution in [1.82, 2.24) is 14.9 Å². The second-order valence-electron chi connectivity index (χ2n) is 6.87. The van der Waals surface area contributed by atoms with Gasteiger partial charge in [0.2, 0.25) is 5.91 Å². The van der Waals surface area contributed by atoms with Crippen molar-refractivity contribution in [2.75, 3.05) is 0 Å². The van der Waals surface area contributed by atoms with Gasteiger partial charge in [-0.05, 0) is 36.6 Å². The zero-order valence-corrected chi connectivity index (χ0v) is 15.8. The molecule has 136 valence electrons. The maximum absolute atomic E-state index is 11.8. The number of carbonyl (C=O) groups excluding carboxylic acids is 1. The Labute approximate surface area is 155 Å². The Morgan fingerprint density at radius 3 is 2.62 bits per heavy atom. The van der Waals surface area contributed by atoms with Crippen LogP contribution in [0.15, 0.2) is 48.5 Å². The molecule has 0 aliphatic carbocycles. The molecule has 26 heavy (non-hydrogen) atoms. The van der Waals surface area contributed by atoms with Gasteiger partial charge in [0.05, 0.1) is 17.1 Å². The molecule has 2 aromatic carbocycles. The molecule has 4 nitrogen and oxygen atoms in total. The first-order valence-electron chi connectivity index (χ1n) is 9.37. The fourth-order valence-corrected chi connectivity index (χ4v) is 3.40. The highest BCUT2D eigenvalue weighted by Gasteiger charge is 2.21. The van der Waals surface area contributed by atoms with E-state index in [1.54, 1.807) is 6.92 Å². The Morgan fingerprint density at radius 1 is 1.15 bits per heavy atom. The molecular formula is C22H27N3O. The van der Waals surface area contributed by atoms with E-state index in [0.717, 1.165) is 42.7 Å². The number of amides is 1. The Morgan fingerprint density at radius 2 is 1.88 bits per heavy atom. The molecule has 4 heteroatoms. The minimum Gasteiger partial charge on any atom is -0.346 e. The highest BCUT2D eigenvalue weighted by molar-refractivity contribution is 5.77. The second-order valence-corrected chi connectivity index (χ2v) is 6.87. The molecule has 1 N–H and O–H groups in total. The van der Waals surface area contributed by atoms with Gasteiger partial charge in [0.15, 0.2) is 0 Å². The number of unbranched alkanes of at least 4 members (excludes halogenated alkanes) is 1. The molecule has 0 radical (unpaired) electrons. The molecule has 1 atom stereocenters. The van der Waals surface area contributed by atoms with Crippen LogP contribution in [0.3, 0.4) is 0 Å². The summed E-state index contributed by atoms with van der Waals surface area (Å²) in [6.07, 6.45) is 3.04. The Balaban J connectivity index is 2.08. The number of rotatable bonds is 7. The molecule has 0 fully saturated rings. The highest BCUT2D eigenvalue weighted by Crippen LogP contribution is 2.26. The van der Waals surface area contributed by atoms with Crippen molar-refractivity contribution in [3.8, 4) is 0 Å². The van der Waals surface area contributed by atoms with E-state index < -0.39 is 0 Å². The lowest BCUT2D eigenvalue weighted by molar-refractivity contribution is -0.119. The summed E-state index contributed by atoms with van der Waals surface area (Å²) < 4.78 is 2.26. The van der Waals surface area contributed by atoms with Crippen LogP contribution in [0.5, 0.6) is 0 Å². The van der Waals surface area contributed by atoms with Gasteiger partial charge in [0.1, 0.15) is 5.82 Å². The molecule has 3 rings (SSSR count). The third kappa shape index (κ3) is 3.96. The maximum Gasteiger partial charge on any atom is 0.217 e. The summed E-state index contributed by atoms with van der Waals surface area (Å²) in [5.74, 6) is 0.929. The highest BCUT2D eigenvalue weighted by atomic mass is 16.1. The van der Waals surface area contributed by atoms with Gasteiger partial charge < -0.3 is 9.88 Å². The molecule has 0 saturated heterocycles. The number of carbonyl (C=O) groups is 1. The van der Waals surface area contributed by atoms with E-state index in [2.05, 4.69) is 54.1 Å². The topological polar surface area (TPSA) is 46.9 Å². The number of imidazole rings is 1. The van der Waals surface area contributed by atoms with Crippen LogP contribution in [0, 0.1) is 6.92 Å². The van der Waals surface area contributed by atoms with Crippen LogP contribution in [-0.4, -0.2) is 15.5 Å². The second kappa shape index (κ2) is 8.17. The average Bonchev–Trinajstić information content (AvgIpc) is 2.99. The first kappa shape index (κ1) is 18.2. The molecule has 1 heterocycles. The van der Waals surface area contributed by atoms with Gasteiger partial charge in [0, 0.05) is 13.5 Å². The molecule has 3 aromatic rings. The number of benzene rings is 2. The number of aryl methyl sites for hydroxylation is 1. The lowest BCUT2D eigenvalue weighted by Crippen LogP contribution is -2.28. The molecule has 1 unspecified atom stereocenters. The number of hydrogen-bond acceptors (Lipinski definition) is 2. The van der Waals surface area contributed by atoms with Crippen molar-refractivity contribution in [1.29, 1.82) is 0 Å². The standard InChI is InChI=1S/C22H27N3O/c1-4-5-12-20(23-17(3)26)22-24-19-13-8-9-14-21(19)25(22)15-18-11-7-6-10-16(18)2/h6-11,13-14,20H,4-5,12,15H2,1-3H3,(H,23,26). The van der Waals surface area contributed by atoms with E-state index in [4.69, 9.17) is 4.98 Å². The normalized spacial score (nSPS) is 12.3. The molecule has 0 saturated carbocycles. The SMILES string of the molecule is CCCCC(NC(C)=O)c1nc2ccccc2n1Cc1ccccc1C. The first-order valence-corrected chi connectivity index (χ1v) is 9.37. The molecule has 0 bridgehead atoms.